The van der Waals surface area contributed by atoms with Gasteiger partial charge in [-0.1, -0.05) is 30.3 Å². The van der Waals surface area contributed by atoms with Gasteiger partial charge in [-0.2, -0.15) is 0 Å². The predicted octanol–water partition coefficient (Wildman–Crippen LogP) is 4.39. The van der Waals surface area contributed by atoms with Gasteiger partial charge in [-0.25, -0.2) is 0 Å². The minimum Gasteiger partial charge on any atom is -0.455 e. The number of anilines is 1. The van der Waals surface area contributed by atoms with Gasteiger partial charge in [0.15, 0.2) is 5.75 Å². The summed E-state index contributed by atoms with van der Waals surface area (Å²) < 4.78 is 6.06. The van der Waals surface area contributed by atoms with Crippen molar-refractivity contribution < 1.29 is 4.74 Å². The maximum atomic E-state index is 6.06. The summed E-state index contributed by atoms with van der Waals surface area (Å²) in [5.74, 6) is 1.86. The number of aryl methyl sites for hydroxylation is 1. The highest BCUT2D eigenvalue weighted by Crippen LogP contribution is 2.36. The van der Waals surface area contributed by atoms with Gasteiger partial charge in [-0.3, -0.25) is 0 Å². The second-order valence-corrected chi connectivity index (χ2v) is 5.03. The number of rotatable bonds is 3. The molecule has 1 saturated heterocycles. The highest BCUT2D eigenvalue weighted by molar-refractivity contribution is 5.64. The van der Waals surface area contributed by atoms with Gasteiger partial charge in [0.05, 0.1) is 5.69 Å². The van der Waals surface area contributed by atoms with Crippen LogP contribution in [-0.2, 0) is 0 Å². The van der Waals surface area contributed by atoms with E-state index in [0.717, 1.165) is 24.6 Å². The molecule has 2 heteroatoms. The molecule has 98 valence electrons. The second-order valence-electron chi connectivity index (χ2n) is 5.03. The van der Waals surface area contributed by atoms with Crippen molar-refractivity contribution in [3.63, 3.8) is 0 Å². The van der Waals surface area contributed by atoms with Crippen LogP contribution in [0.1, 0.15) is 18.4 Å². The Labute approximate surface area is 114 Å². The van der Waals surface area contributed by atoms with Crippen LogP contribution in [-0.4, -0.2) is 13.1 Å². The molecular weight excluding hydrogens is 234 g/mol. The average Bonchev–Trinajstić information content (AvgIpc) is 2.94. The number of benzene rings is 2. The molecule has 0 aromatic heterocycles. The first-order chi connectivity index (χ1) is 9.34. The van der Waals surface area contributed by atoms with E-state index >= 15 is 0 Å². The van der Waals surface area contributed by atoms with E-state index in [9.17, 15) is 0 Å². The standard InChI is InChI=1S/C17H19NO/c1-14-8-7-11-16(17(14)18-12-5-6-13-18)19-15-9-3-2-4-10-15/h2-4,7-11H,5-6,12-13H2,1H3. The molecule has 0 unspecified atom stereocenters. The SMILES string of the molecule is Cc1cccc(Oc2ccccc2)c1N1CCCC1. The lowest BCUT2D eigenvalue weighted by Crippen LogP contribution is -2.19. The van der Waals surface area contributed by atoms with Crippen LogP contribution in [0.15, 0.2) is 48.5 Å². The first kappa shape index (κ1) is 12.1. The van der Waals surface area contributed by atoms with Crippen LogP contribution >= 0.6 is 0 Å². The zero-order chi connectivity index (χ0) is 13.1. The summed E-state index contributed by atoms with van der Waals surface area (Å²) in [6.07, 6.45) is 2.55. The van der Waals surface area contributed by atoms with Crippen molar-refractivity contribution in [3.8, 4) is 11.5 Å². The summed E-state index contributed by atoms with van der Waals surface area (Å²) in [4.78, 5) is 2.44. The molecular formula is C17H19NO. The van der Waals surface area contributed by atoms with Gasteiger partial charge >= 0.3 is 0 Å². The normalized spacial score (nSPS) is 14.7. The molecule has 0 aliphatic carbocycles. The fraction of sp³-hybridized carbons (Fsp3) is 0.294. The van der Waals surface area contributed by atoms with Crippen LogP contribution in [0, 0.1) is 6.92 Å². The van der Waals surface area contributed by atoms with Gasteiger partial charge in [0.1, 0.15) is 5.75 Å². The van der Waals surface area contributed by atoms with E-state index in [1.54, 1.807) is 0 Å². The monoisotopic (exact) mass is 253 g/mol. The molecule has 0 radical (unpaired) electrons. The van der Waals surface area contributed by atoms with Gasteiger partial charge in [0.2, 0.25) is 0 Å². The molecule has 1 heterocycles. The van der Waals surface area contributed by atoms with Crippen molar-refractivity contribution in [1.29, 1.82) is 0 Å². The fourth-order valence-electron chi connectivity index (χ4n) is 2.68. The number of hydrogen-bond donors (Lipinski definition) is 0. The third-order valence-electron chi connectivity index (χ3n) is 3.59. The van der Waals surface area contributed by atoms with E-state index in [1.807, 2.05) is 30.3 Å². The molecule has 3 rings (SSSR count). The summed E-state index contributed by atoms with van der Waals surface area (Å²) in [6, 6.07) is 16.3. The quantitative estimate of drug-likeness (QED) is 0.804. The van der Waals surface area contributed by atoms with E-state index in [-0.39, 0.29) is 0 Å². The maximum Gasteiger partial charge on any atom is 0.150 e. The predicted molar refractivity (Wildman–Crippen MR) is 79.1 cm³/mol. The summed E-state index contributed by atoms with van der Waals surface area (Å²) in [7, 11) is 0. The number of para-hydroxylation sites is 2. The molecule has 0 N–H and O–H groups in total. The van der Waals surface area contributed by atoms with Gasteiger partial charge in [0.25, 0.3) is 0 Å². The summed E-state index contributed by atoms with van der Waals surface area (Å²) >= 11 is 0. The highest BCUT2D eigenvalue weighted by atomic mass is 16.5. The van der Waals surface area contributed by atoms with E-state index < -0.39 is 0 Å². The largest absolute Gasteiger partial charge is 0.455 e. The first-order valence-corrected chi connectivity index (χ1v) is 6.92. The van der Waals surface area contributed by atoms with Crippen molar-refractivity contribution in [1.82, 2.24) is 0 Å². The molecule has 0 spiro atoms. The van der Waals surface area contributed by atoms with Crippen LogP contribution in [0.3, 0.4) is 0 Å². The summed E-state index contributed by atoms with van der Waals surface area (Å²) in [5, 5.41) is 0. The highest BCUT2D eigenvalue weighted by Gasteiger charge is 2.18. The zero-order valence-electron chi connectivity index (χ0n) is 11.3. The number of hydrogen-bond acceptors (Lipinski definition) is 2. The van der Waals surface area contributed by atoms with Crippen molar-refractivity contribution in [3.05, 3.63) is 54.1 Å². The van der Waals surface area contributed by atoms with Crippen LogP contribution < -0.4 is 9.64 Å². The molecule has 0 amide bonds. The van der Waals surface area contributed by atoms with E-state index in [2.05, 4.69) is 30.0 Å². The molecule has 2 aromatic rings. The van der Waals surface area contributed by atoms with Crippen LogP contribution in [0.2, 0.25) is 0 Å². The lowest BCUT2D eigenvalue weighted by Gasteiger charge is -2.23. The van der Waals surface area contributed by atoms with Gasteiger partial charge < -0.3 is 9.64 Å². The Morgan fingerprint density at radius 2 is 1.63 bits per heavy atom. The Morgan fingerprint density at radius 3 is 2.37 bits per heavy atom. The van der Waals surface area contributed by atoms with Gasteiger partial charge in [-0.15, -0.1) is 0 Å². The smallest absolute Gasteiger partial charge is 0.150 e. The first-order valence-electron chi connectivity index (χ1n) is 6.92. The van der Waals surface area contributed by atoms with Crippen LogP contribution in [0.5, 0.6) is 11.5 Å². The van der Waals surface area contributed by atoms with Crippen molar-refractivity contribution in [2.75, 3.05) is 18.0 Å². The summed E-state index contributed by atoms with van der Waals surface area (Å²) in [6.45, 7) is 4.43. The zero-order valence-corrected chi connectivity index (χ0v) is 11.3. The van der Waals surface area contributed by atoms with Crippen LogP contribution in [0.25, 0.3) is 0 Å². The molecule has 19 heavy (non-hydrogen) atoms. The van der Waals surface area contributed by atoms with Gasteiger partial charge in [-0.05, 0) is 43.5 Å². The fourth-order valence-corrected chi connectivity index (χ4v) is 2.68. The number of nitrogens with zero attached hydrogens (tertiary/aromatic N) is 1. The minimum absolute atomic E-state index is 0.897. The van der Waals surface area contributed by atoms with Crippen molar-refractivity contribution >= 4 is 5.69 Å². The lowest BCUT2D eigenvalue weighted by molar-refractivity contribution is 0.482. The van der Waals surface area contributed by atoms with Gasteiger partial charge in [0, 0.05) is 13.1 Å². The molecule has 0 atom stereocenters. The maximum absolute atomic E-state index is 6.06. The lowest BCUT2D eigenvalue weighted by atomic mass is 10.1. The molecule has 0 saturated carbocycles. The van der Waals surface area contributed by atoms with Crippen molar-refractivity contribution in [2.24, 2.45) is 0 Å². The Kier molecular flexibility index (Phi) is 3.41. The second kappa shape index (κ2) is 5.35. The molecule has 1 aliphatic rings. The summed E-state index contributed by atoms with van der Waals surface area (Å²) in [5.41, 5.74) is 2.54. The Balaban J connectivity index is 1.94. The number of ether oxygens (including phenoxy) is 1. The van der Waals surface area contributed by atoms with Crippen LogP contribution in [0.4, 0.5) is 5.69 Å². The molecule has 1 fully saturated rings. The van der Waals surface area contributed by atoms with E-state index in [0.29, 0.717) is 0 Å². The Hall–Kier alpha value is -1.96. The van der Waals surface area contributed by atoms with E-state index in [1.165, 1.54) is 24.1 Å². The molecule has 2 nitrogen and oxygen atoms in total. The average molecular weight is 253 g/mol. The third-order valence-corrected chi connectivity index (χ3v) is 3.59. The molecule has 1 aliphatic heterocycles. The molecule has 0 bridgehead atoms. The third kappa shape index (κ3) is 2.58. The van der Waals surface area contributed by atoms with Crippen molar-refractivity contribution in [2.45, 2.75) is 19.8 Å². The Morgan fingerprint density at radius 1 is 0.895 bits per heavy atom. The Bertz CT molecular complexity index is 544. The van der Waals surface area contributed by atoms with E-state index in [4.69, 9.17) is 4.74 Å². The molecule has 2 aromatic carbocycles. The minimum atomic E-state index is 0.897. The topological polar surface area (TPSA) is 12.5 Å².